The Morgan fingerprint density at radius 2 is 2.10 bits per heavy atom. The average Bonchev–Trinajstić information content (AvgIpc) is 2.78. The normalized spacial score (nSPS) is 12.6. The lowest BCUT2D eigenvalue weighted by Gasteiger charge is -2.09. The minimum atomic E-state index is -0.601. The van der Waals surface area contributed by atoms with Gasteiger partial charge < -0.3 is 15.0 Å². The van der Waals surface area contributed by atoms with E-state index in [2.05, 4.69) is 29.8 Å². The summed E-state index contributed by atoms with van der Waals surface area (Å²) in [6.07, 6.45) is 3.69. The number of ether oxygens (including phenoxy) is 1. The first kappa shape index (κ1) is 14.6. The second-order valence-corrected chi connectivity index (χ2v) is 4.93. The maximum absolute atomic E-state index is 11.7. The van der Waals surface area contributed by atoms with E-state index in [4.69, 9.17) is 10.5 Å². The van der Waals surface area contributed by atoms with Crippen molar-refractivity contribution in [3.63, 3.8) is 0 Å². The summed E-state index contributed by atoms with van der Waals surface area (Å²) in [5.74, 6) is -0.333. The van der Waals surface area contributed by atoms with Crippen molar-refractivity contribution in [1.82, 2.24) is 4.57 Å². The van der Waals surface area contributed by atoms with Gasteiger partial charge in [-0.1, -0.05) is 25.1 Å². The smallest absolute Gasteiger partial charge is 0.323 e. The zero-order valence-corrected chi connectivity index (χ0v) is 12.1. The van der Waals surface area contributed by atoms with Crippen LogP contribution in [0.4, 0.5) is 0 Å². The molecule has 0 aliphatic rings. The minimum Gasteiger partial charge on any atom is -0.465 e. The third-order valence-corrected chi connectivity index (χ3v) is 3.36. The molecule has 0 spiro atoms. The Balaban J connectivity index is 2.27. The van der Waals surface area contributed by atoms with Gasteiger partial charge in [0.1, 0.15) is 6.04 Å². The Bertz CT molecular complexity index is 589. The molecule has 1 aromatic carbocycles. The van der Waals surface area contributed by atoms with E-state index in [0.29, 0.717) is 13.0 Å². The van der Waals surface area contributed by atoms with Gasteiger partial charge in [-0.05, 0) is 25.0 Å². The highest BCUT2D eigenvalue weighted by molar-refractivity contribution is 5.85. The highest BCUT2D eigenvalue weighted by Crippen LogP contribution is 2.22. The van der Waals surface area contributed by atoms with Crippen LogP contribution in [0.3, 0.4) is 0 Å². The zero-order chi connectivity index (χ0) is 14.5. The number of hydrogen-bond donors (Lipinski definition) is 1. The molecule has 0 amide bonds. The van der Waals surface area contributed by atoms with E-state index in [1.807, 2.05) is 12.1 Å². The second kappa shape index (κ2) is 6.57. The molecule has 0 fully saturated rings. The number of carbonyl (C=O) groups is 1. The van der Waals surface area contributed by atoms with Crippen LogP contribution in [0.15, 0.2) is 30.5 Å². The number of benzene rings is 1. The Kier molecular flexibility index (Phi) is 4.79. The summed E-state index contributed by atoms with van der Waals surface area (Å²) in [4.78, 5) is 11.7. The Hall–Kier alpha value is -1.81. The van der Waals surface area contributed by atoms with Gasteiger partial charge in [0.2, 0.25) is 0 Å². The molecule has 0 radical (unpaired) electrons. The largest absolute Gasteiger partial charge is 0.465 e. The van der Waals surface area contributed by atoms with Gasteiger partial charge in [-0.15, -0.1) is 0 Å². The average molecular weight is 274 g/mol. The monoisotopic (exact) mass is 274 g/mol. The fourth-order valence-electron chi connectivity index (χ4n) is 2.48. The molecule has 0 saturated heterocycles. The van der Waals surface area contributed by atoms with Crippen LogP contribution in [0.5, 0.6) is 0 Å². The Morgan fingerprint density at radius 3 is 2.80 bits per heavy atom. The topological polar surface area (TPSA) is 57.2 Å². The lowest BCUT2D eigenvalue weighted by atomic mass is 10.1. The highest BCUT2D eigenvalue weighted by Gasteiger charge is 2.18. The third-order valence-electron chi connectivity index (χ3n) is 3.36. The van der Waals surface area contributed by atoms with E-state index in [1.165, 1.54) is 10.9 Å². The lowest BCUT2D eigenvalue weighted by Crippen LogP contribution is -2.34. The molecule has 4 nitrogen and oxygen atoms in total. The Morgan fingerprint density at radius 1 is 1.35 bits per heavy atom. The van der Waals surface area contributed by atoms with Crippen LogP contribution < -0.4 is 5.73 Å². The van der Waals surface area contributed by atoms with E-state index in [1.54, 1.807) is 6.92 Å². The number of hydrogen-bond acceptors (Lipinski definition) is 3. The number of carbonyl (C=O) groups excluding carboxylic acids is 1. The van der Waals surface area contributed by atoms with Gasteiger partial charge in [-0.25, -0.2) is 0 Å². The summed E-state index contributed by atoms with van der Waals surface area (Å²) in [5, 5.41) is 1.17. The van der Waals surface area contributed by atoms with E-state index in [9.17, 15) is 4.79 Å². The Labute approximate surface area is 119 Å². The quantitative estimate of drug-likeness (QED) is 0.823. The van der Waals surface area contributed by atoms with Gasteiger partial charge >= 0.3 is 5.97 Å². The molecule has 0 bridgehead atoms. The molecule has 1 heterocycles. The molecular formula is C16H22N2O2. The summed E-state index contributed by atoms with van der Waals surface area (Å²) < 4.78 is 7.20. The summed E-state index contributed by atoms with van der Waals surface area (Å²) >= 11 is 0. The van der Waals surface area contributed by atoms with Crippen molar-refractivity contribution >= 4 is 16.9 Å². The molecule has 4 heteroatoms. The van der Waals surface area contributed by atoms with Gasteiger partial charge in [0.25, 0.3) is 0 Å². The first-order valence-corrected chi connectivity index (χ1v) is 7.16. The van der Waals surface area contributed by atoms with Crippen molar-refractivity contribution in [2.24, 2.45) is 5.73 Å². The summed E-state index contributed by atoms with van der Waals surface area (Å²) in [6.45, 7) is 5.27. The van der Waals surface area contributed by atoms with Crippen LogP contribution in [-0.2, 0) is 22.5 Å². The molecule has 1 aromatic heterocycles. The van der Waals surface area contributed by atoms with Crippen LogP contribution in [-0.4, -0.2) is 23.2 Å². The number of nitrogens with two attached hydrogens (primary N) is 1. The number of rotatable bonds is 6. The van der Waals surface area contributed by atoms with Crippen LogP contribution in [0.1, 0.15) is 25.8 Å². The van der Waals surface area contributed by atoms with Crippen molar-refractivity contribution in [3.8, 4) is 0 Å². The fourth-order valence-corrected chi connectivity index (χ4v) is 2.48. The number of para-hydroxylation sites is 1. The number of aryl methyl sites for hydroxylation is 1. The van der Waals surface area contributed by atoms with Crippen molar-refractivity contribution < 1.29 is 9.53 Å². The first-order valence-electron chi connectivity index (χ1n) is 7.16. The fraction of sp³-hybridized carbons (Fsp3) is 0.438. The van der Waals surface area contributed by atoms with E-state index in [-0.39, 0.29) is 5.97 Å². The summed E-state index contributed by atoms with van der Waals surface area (Å²) in [6, 6.07) is 7.62. The van der Waals surface area contributed by atoms with Gasteiger partial charge in [0, 0.05) is 30.1 Å². The molecule has 2 N–H and O–H groups in total. The molecule has 0 aliphatic carbocycles. The zero-order valence-electron chi connectivity index (χ0n) is 12.1. The number of esters is 1. The molecule has 1 unspecified atom stereocenters. The van der Waals surface area contributed by atoms with Gasteiger partial charge in [-0.3, -0.25) is 4.79 Å². The third kappa shape index (κ3) is 3.02. The molecule has 108 valence electrons. The number of aromatic nitrogens is 1. The standard InChI is InChI=1S/C16H22N2O2/c1-3-9-18-11-12(10-14(17)16(19)20-4-2)13-7-5-6-8-15(13)18/h5-8,11,14H,3-4,9-10,17H2,1-2H3. The molecule has 1 atom stereocenters. The second-order valence-electron chi connectivity index (χ2n) is 4.93. The predicted molar refractivity (Wildman–Crippen MR) is 80.5 cm³/mol. The van der Waals surface area contributed by atoms with Crippen LogP contribution >= 0.6 is 0 Å². The van der Waals surface area contributed by atoms with Gasteiger partial charge in [-0.2, -0.15) is 0 Å². The van der Waals surface area contributed by atoms with Crippen LogP contribution in [0.25, 0.3) is 10.9 Å². The van der Waals surface area contributed by atoms with Gasteiger partial charge in [0.05, 0.1) is 6.61 Å². The summed E-state index contributed by atoms with van der Waals surface area (Å²) in [5.41, 5.74) is 8.23. The van der Waals surface area contributed by atoms with Crippen molar-refractivity contribution in [1.29, 1.82) is 0 Å². The van der Waals surface area contributed by atoms with E-state index in [0.717, 1.165) is 18.5 Å². The lowest BCUT2D eigenvalue weighted by molar-refractivity contribution is -0.144. The van der Waals surface area contributed by atoms with E-state index < -0.39 is 6.04 Å². The molecule has 2 rings (SSSR count). The van der Waals surface area contributed by atoms with Crippen molar-refractivity contribution in [3.05, 3.63) is 36.0 Å². The maximum atomic E-state index is 11.7. The number of nitrogens with zero attached hydrogens (tertiary/aromatic N) is 1. The molecule has 20 heavy (non-hydrogen) atoms. The number of fused-ring (bicyclic) bond motifs is 1. The first-order chi connectivity index (χ1) is 9.67. The van der Waals surface area contributed by atoms with Gasteiger partial charge in [0.15, 0.2) is 0 Å². The maximum Gasteiger partial charge on any atom is 0.323 e. The highest BCUT2D eigenvalue weighted by atomic mass is 16.5. The SMILES string of the molecule is CCCn1cc(CC(N)C(=O)OCC)c2ccccc21. The van der Waals surface area contributed by atoms with E-state index >= 15 is 0 Å². The van der Waals surface area contributed by atoms with Crippen LogP contribution in [0.2, 0.25) is 0 Å². The predicted octanol–water partition coefficient (Wildman–Crippen LogP) is 2.48. The van der Waals surface area contributed by atoms with Crippen molar-refractivity contribution in [2.45, 2.75) is 39.3 Å². The molecular weight excluding hydrogens is 252 g/mol. The molecule has 2 aromatic rings. The summed E-state index contributed by atoms with van der Waals surface area (Å²) in [7, 11) is 0. The molecule has 0 aliphatic heterocycles. The molecule has 0 saturated carbocycles. The van der Waals surface area contributed by atoms with Crippen LogP contribution in [0, 0.1) is 0 Å². The minimum absolute atomic E-state index is 0.333. The van der Waals surface area contributed by atoms with Crippen molar-refractivity contribution in [2.75, 3.05) is 6.61 Å².